The predicted molar refractivity (Wildman–Crippen MR) is 75.3 cm³/mol. The molecule has 0 fully saturated rings. The molecule has 0 radical (unpaired) electrons. The van der Waals surface area contributed by atoms with E-state index in [0.29, 0.717) is 10.5 Å². The first-order valence-corrected chi connectivity index (χ1v) is 7.08. The lowest BCUT2D eigenvalue weighted by Gasteiger charge is -2.08. The van der Waals surface area contributed by atoms with Crippen LogP contribution in [0.15, 0.2) is 56.7 Å². The second kappa shape index (κ2) is 5.87. The second-order valence-electron chi connectivity index (χ2n) is 3.92. The zero-order chi connectivity index (χ0) is 13.1. The summed E-state index contributed by atoms with van der Waals surface area (Å²) in [5.41, 5.74) is 0.590. The first-order valence-electron chi connectivity index (χ1n) is 5.47. The number of aliphatic hydroxyl groups is 1. The highest BCUT2D eigenvalue weighted by Gasteiger charge is 2.08. The first-order chi connectivity index (χ1) is 8.56. The summed E-state index contributed by atoms with van der Waals surface area (Å²) in [5.74, 6) is -0.304. The van der Waals surface area contributed by atoms with Crippen molar-refractivity contribution in [3.8, 4) is 0 Å². The lowest BCUT2D eigenvalue weighted by molar-refractivity contribution is 0.198. The van der Waals surface area contributed by atoms with Gasteiger partial charge in [-0.1, -0.05) is 33.8 Å². The van der Waals surface area contributed by atoms with Gasteiger partial charge in [0.05, 0.1) is 6.10 Å². The molecule has 4 heteroatoms. The Bertz CT molecular complexity index is 540. The maximum atomic E-state index is 13.8. The molecule has 0 amide bonds. The molecule has 0 aliphatic carbocycles. The van der Waals surface area contributed by atoms with Crippen molar-refractivity contribution in [2.45, 2.75) is 22.8 Å². The third-order valence-electron chi connectivity index (χ3n) is 2.48. The Balaban J connectivity index is 2.22. The Morgan fingerprint density at radius 2 is 1.83 bits per heavy atom. The molecular formula is C14H12BrFOS. The van der Waals surface area contributed by atoms with Gasteiger partial charge in [0.25, 0.3) is 0 Å². The first kappa shape index (κ1) is 13.6. The molecule has 0 heterocycles. The Kier molecular flexibility index (Phi) is 4.43. The summed E-state index contributed by atoms with van der Waals surface area (Å²) in [6.45, 7) is 1.62. The molecule has 0 aliphatic rings. The Hall–Kier alpha value is -0.840. The highest BCUT2D eigenvalue weighted by atomic mass is 79.9. The lowest BCUT2D eigenvalue weighted by Crippen LogP contribution is -1.92. The summed E-state index contributed by atoms with van der Waals surface area (Å²) in [7, 11) is 0. The maximum Gasteiger partial charge on any atom is 0.137 e. The van der Waals surface area contributed by atoms with Crippen LogP contribution in [-0.2, 0) is 0 Å². The molecule has 18 heavy (non-hydrogen) atoms. The van der Waals surface area contributed by atoms with Gasteiger partial charge in [-0.25, -0.2) is 4.39 Å². The molecule has 2 aromatic rings. The zero-order valence-electron chi connectivity index (χ0n) is 9.73. The fourth-order valence-electron chi connectivity index (χ4n) is 1.49. The average Bonchev–Trinajstić information content (AvgIpc) is 2.34. The van der Waals surface area contributed by atoms with Gasteiger partial charge in [-0.3, -0.25) is 0 Å². The van der Waals surface area contributed by atoms with Gasteiger partial charge in [0.1, 0.15) is 5.82 Å². The van der Waals surface area contributed by atoms with Crippen LogP contribution in [0.1, 0.15) is 18.6 Å². The average molecular weight is 327 g/mol. The van der Waals surface area contributed by atoms with Crippen LogP contribution in [0.3, 0.4) is 0 Å². The molecule has 1 N–H and O–H groups in total. The van der Waals surface area contributed by atoms with E-state index in [0.717, 1.165) is 9.37 Å². The standard InChI is InChI=1S/C14H12BrFOS/c1-9(17)10-2-7-14(13(16)8-10)18-12-5-3-11(15)4-6-12/h2-9,17H,1H3/t9-/m1/s1. The van der Waals surface area contributed by atoms with Gasteiger partial charge in [-0.05, 0) is 48.9 Å². The minimum Gasteiger partial charge on any atom is -0.389 e. The van der Waals surface area contributed by atoms with Gasteiger partial charge < -0.3 is 5.11 Å². The van der Waals surface area contributed by atoms with E-state index in [9.17, 15) is 9.50 Å². The van der Waals surface area contributed by atoms with E-state index in [2.05, 4.69) is 15.9 Å². The fraction of sp³-hybridized carbons (Fsp3) is 0.143. The molecule has 0 saturated heterocycles. The number of aliphatic hydroxyl groups excluding tert-OH is 1. The summed E-state index contributed by atoms with van der Waals surface area (Å²) >= 11 is 4.73. The molecule has 2 rings (SSSR count). The normalized spacial score (nSPS) is 12.4. The quantitative estimate of drug-likeness (QED) is 0.874. The van der Waals surface area contributed by atoms with Crippen molar-refractivity contribution in [3.63, 3.8) is 0 Å². The molecule has 0 saturated carbocycles. The van der Waals surface area contributed by atoms with E-state index in [1.165, 1.54) is 17.8 Å². The topological polar surface area (TPSA) is 20.2 Å². The molecule has 2 aromatic carbocycles. The summed E-state index contributed by atoms with van der Waals surface area (Å²) in [6, 6.07) is 12.5. The largest absolute Gasteiger partial charge is 0.389 e. The van der Waals surface area contributed by atoms with E-state index >= 15 is 0 Å². The molecule has 0 bridgehead atoms. The number of rotatable bonds is 3. The number of halogens is 2. The highest BCUT2D eigenvalue weighted by Crippen LogP contribution is 2.31. The van der Waals surface area contributed by atoms with Crippen LogP contribution < -0.4 is 0 Å². The fourth-order valence-corrected chi connectivity index (χ4v) is 2.57. The molecule has 0 unspecified atom stereocenters. The molecule has 0 aromatic heterocycles. The van der Waals surface area contributed by atoms with Crippen molar-refractivity contribution in [2.24, 2.45) is 0 Å². The monoisotopic (exact) mass is 326 g/mol. The number of hydrogen-bond acceptors (Lipinski definition) is 2. The van der Waals surface area contributed by atoms with Gasteiger partial charge in [0.15, 0.2) is 0 Å². The molecule has 1 nitrogen and oxygen atoms in total. The van der Waals surface area contributed by atoms with Crippen LogP contribution in [-0.4, -0.2) is 5.11 Å². The van der Waals surface area contributed by atoms with E-state index in [4.69, 9.17) is 0 Å². The van der Waals surface area contributed by atoms with E-state index in [1.54, 1.807) is 19.1 Å². The predicted octanol–water partition coefficient (Wildman–Crippen LogP) is 4.79. The third kappa shape index (κ3) is 3.34. The van der Waals surface area contributed by atoms with Gasteiger partial charge >= 0.3 is 0 Å². The molecule has 0 aliphatic heterocycles. The van der Waals surface area contributed by atoms with Crippen molar-refractivity contribution in [1.29, 1.82) is 0 Å². The van der Waals surface area contributed by atoms with Gasteiger partial charge in [-0.15, -0.1) is 0 Å². The number of hydrogen-bond donors (Lipinski definition) is 1. The molecule has 0 spiro atoms. The third-order valence-corrected chi connectivity index (χ3v) is 4.07. The van der Waals surface area contributed by atoms with E-state index < -0.39 is 6.10 Å². The summed E-state index contributed by atoms with van der Waals surface area (Å²) in [6.07, 6.45) is -0.647. The van der Waals surface area contributed by atoms with E-state index in [1.807, 2.05) is 24.3 Å². The Labute approximate surface area is 118 Å². The van der Waals surface area contributed by atoms with Crippen LogP contribution in [0.5, 0.6) is 0 Å². The SMILES string of the molecule is C[C@@H](O)c1ccc(Sc2ccc(Br)cc2)c(F)c1. The van der Waals surface area contributed by atoms with Crippen LogP contribution in [0.2, 0.25) is 0 Å². The van der Waals surface area contributed by atoms with Crippen molar-refractivity contribution in [2.75, 3.05) is 0 Å². The van der Waals surface area contributed by atoms with Crippen molar-refractivity contribution in [3.05, 3.63) is 58.3 Å². The lowest BCUT2D eigenvalue weighted by atomic mass is 10.1. The van der Waals surface area contributed by atoms with Crippen LogP contribution in [0.4, 0.5) is 4.39 Å². The minimum atomic E-state index is -0.647. The van der Waals surface area contributed by atoms with Gasteiger partial charge in [0.2, 0.25) is 0 Å². The van der Waals surface area contributed by atoms with E-state index in [-0.39, 0.29) is 5.82 Å². The van der Waals surface area contributed by atoms with Crippen LogP contribution in [0, 0.1) is 5.82 Å². The Morgan fingerprint density at radius 1 is 1.17 bits per heavy atom. The molecular weight excluding hydrogens is 315 g/mol. The van der Waals surface area contributed by atoms with Crippen molar-refractivity contribution >= 4 is 27.7 Å². The molecule has 1 atom stereocenters. The van der Waals surface area contributed by atoms with Crippen molar-refractivity contribution in [1.82, 2.24) is 0 Å². The Morgan fingerprint density at radius 3 is 2.39 bits per heavy atom. The summed E-state index contributed by atoms with van der Waals surface area (Å²) in [5, 5.41) is 9.38. The van der Waals surface area contributed by atoms with Gasteiger partial charge in [0, 0.05) is 14.3 Å². The summed E-state index contributed by atoms with van der Waals surface area (Å²) < 4.78 is 14.8. The maximum absolute atomic E-state index is 13.8. The van der Waals surface area contributed by atoms with Crippen LogP contribution in [0.25, 0.3) is 0 Å². The van der Waals surface area contributed by atoms with Crippen LogP contribution >= 0.6 is 27.7 Å². The zero-order valence-corrected chi connectivity index (χ0v) is 12.1. The van der Waals surface area contributed by atoms with Crippen molar-refractivity contribution < 1.29 is 9.50 Å². The summed E-state index contributed by atoms with van der Waals surface area (Å²) in [4.78, 5) is 1.53. The smallest absolute Gasteiger partial charge is 0.137 e. The highest BCUT2D eigenvalue weighted by molar-refractivity contribution is 9.10. The molecule has 94 valence electrons. The van der Waals surface area contributed by atoms with Gasteiger partial charge in [-0.2, -0.15) is 0 Å². The number of benzene rings is 2. The second-order valence-corrected chi connectivity index (χ2v) is 5.95. The minimum absolute atomic E-state index is 0.304.